The zero-order valence-electron chi connectivity index (χ0n) is 6.02. The first kappa shape index (κ1) is 8.88. The fourth-order valence-electron chi connectivity index (χ4n) is 0.450. The van der Waals surface area contributed by atoms with Gasteiger partial charge in [0.2, 0.25) is 0 Å². The summed E-state index contributed by atoms with van der Waals surface area (Å²) in [6.07, 6.45) is 0.646. The lowest BCUT2D eigenvalue weighted by atomic mass is 10.2. The van der Waals surface area contributed by atoms with E-state index >= 15 is 0 Å². The van der Waals surface area contributed by atoms with Gasteiger partial charge in [0, 0.05) is 6.54 Å². The Morgan fingerprint density at radius 2 is 2.11 bits per heavy atom. The molecule has 3 nitrogen and oxygen atoms in total. The number of nitrogens with one attached hydrogen (secondary N) is 1. The van der Waals surface area contributed by atoms with Crippen LogP contribution >= 0.6 is 0 Å². The summed E-state index contributed by atoms with van der Waals surface area (Å²) in [4.78, 5) is 0. The van der Waals surface area contributed by atoms with Crippen LogP contribution in [0.3, 0.4) is 0 Å². The summed E-state index contributed by atoms with van der Waals surface area (Å²) >= 11 is 0. The van der Waals surface area contributed by atoms with E-state index in [1.807, 2.05) is 6.92 Å². The Morgan fingerprint density at radius 1 is 1.56 bits per heavy atom. The molecule has 9 heavy (non-hydrogen) atoms. The molecule has 0 aliphatic carbocycles. The third kappa shape index (κ3) is 4.39. The van der Waals surface area contributed by atoms with E-state index in [1.54, 1.807) is 6.92 Å². The highest BCUT2D eigenvalue weighted by Crippen LogP contribution is 2.01. The van der Waals surface area contributed by atoms with E-state index < -0.39 is 5.72 Å². The second kappa shape index (κ2) is 3.82. The Kier molecular flexibility index (Phi) is 3.77. The van der Waals surface area contributed by atoms with E-state index in [-0.39, 0.29) is 6.61 Å². The van der Waals surface area contributed by atoms with Crippen LogP contribution < -0.4 is 5.32 Å². The third-order valence-corrected chi connectivity index (χ3v) is 1.31. The maximum Gasteiger partial charge on any atom is 0.113 e. The summed E-state index contributed by atoms with van der Waals surface area (Å²) in [6, 6.07) is 0. The van der Waals surface area contributed by atoms with Crippen molar-refractivity contribution in [3.05, 3.63) is 0 Å². The minimum Gasteiger partial charge on any atom is -0.395 e. The first-order valence-electron chi connectivity index (χ1n) is 3.20. The van der Waals surface area contributed by atoms with Gasteiger partial charge in [-0.15, -0.1) is 0 Å². The number of aliphatic hydroxyl groups is 2. The smallest absolute Gasteiger partial charge is 0.113 e. The standard InChI is InChI=1S/C6H15NO2/c1-3-6(2,9)7-4-5-8/h7-9H,3-5H2,1-2H3. The Hall–Kier alpha value is -0.120. The van der Waals surface area contributed by atoms with Crippen LogP contribution in [0.15, 0.2) is 0 Å². The van der Waals surface area contributed by atoms with E-state index in [0.717, 1.165) is 0 Å². The lowest BCUT2D eigenvalue weighted by Gasteiger charge is -2.22. The molecule has 0 amide bonds. The zero-order chi connectivity index (χ0) is 7.33. The normalized spacial score (nSPS) is 17.3. The number of aliphatic hydroxyl groups excluding tert-OH is 1. The summed E-state index contributed by atoms with van der Waals surface area (Å²) in [5.41, 5.74) is -0.817. The summed E-state index contributed by atoms with van der Waals surface area (Å²) in [5.74, 6) is 0. The summed E-state index contributed by atoms with van der Waals surface area (Å²) in [7, 11) is 0. The molecule has 1 unspecified atom stereocenters. The summed E-state index contributed by atoms with van der Waals surface area (Å²) < 4.78 is 0. The van der Waals surface area contributed by atoms with Gasteiger partial charge in [0.1, 0.15) is 5.72 Å². The van der Waals surface area contributed by atoms with Crippen molar-refractivity contribution in [2.24, 2.45) is 0 Å². The molecule has 0 saturated carbocycles. The summed E-state index contributed by atoms with van der Waals surface area (Å²) in [5, 5.41) is 20.3. The van der Waals surface area contributed by atoms with Gasteiger partial charge in [0.25, 0.3) is 0 Å². The van der Waals surface area contributed by atoms with Gasteiger partial charge < -0.3 is 10.2 Å². The zero-order valence-corrected chi connectivity index (χ0v) is 6.02. The Labute approximate surface area is 55.7 Å². The number of rotatable bonds is 4. The van der Waals surface area contributed by atoms with Gasteiger partial charge >= 0.3 is 0 Å². The van der Waals surface area contributed by atoms with Crippen LogP contribution in [0.1, 0.15) is 20.3 Å². The molecule has 3 N–H and O–H groups in total. The molecule has 0 aromatic heterocycles. The maximum absolute atomic E-state index is 9.23. The van der Waals surface area contributed by atoms with Gasteiger partial charge in [-0.05, 0) is 13.3 Å². The average molecular weight is 133 g/mol. The van der Waals surface area contributed by atoms with Crippen molar-refractivity contribution in [2.45, 2.75) is 26.0 Å². The average Bonchev–Trinajstić information content (AvgIpc) is 1.84. The van der Waals surface area contributed by atoms with Crippen LogP contribution in [-0.4, -0.2) is 29.1 Å². The monoisotopic (exact) mass is 133 g/mol. The molecule has 0 aromatic carbocycles. The van der Waals surface area contributed by atoms with Gasteiger partial charge in [-0.3, -0.25) is 5.32 Å². The maximum atomic E-state index is 9.23. The minimum atomic E-state index is -0.817. The molecule has 0 aromatic rings. The quantitative estimate of drug-likeness (QED) is 0.461. The van der Waals surface area contributed by atoms with Crippen LogP contribution in [0.5, 0.6) is 0 Å². The van der Waals surface area contributed by atoms with E-state index in [2.05, 4.69) is 5.32 Å². The molecule has 0 fully saturated rings. The van der Waals surface area contributed by atoms with Crippen molar-refractivity contribution in [3.63, 3.8) is 0 Å². The van der Waals surface area contributed by atoms with Crippen LogP contribution in [0.25, 0.3) is 0 Å². The topological polar surface area (TPSA) is 52.5 Å². The third-order valence-electron chi connectivity index (χ3n) is 1.31. The first-order valence-corrected chi connectivity index (χ1v) is 3.20. The van der Waals surface area contributed by atoms with Crippen LogP contribution in [-0.2, 0) is 0 Å². The Balaban J connectivity index is 3.33. The van der Waals surface area contributed by atoms with Crippen LogP contribution in [0, 0.1) is 0 Å². The van der Waals surface area contributed by atoms with Gasteiger partial charge in [-0.1, -0.05) is 6.92 Å². The van der Waals surface area contributed by atoms with Crippen molar-refractivity contribution in [1.82, 2.24) is 5.32 Å². The van der Waals surface area contributed by atoms with Crippen molar-refractivity contribution >= 4 is 0 Å². The van der Waals surface area contributed by atoms with Gasteiger partial charge in [0.15, 0.2) is 0 Å². The first-order chi connectivity index (χ1) is 4.12. The molecule has 0 saturated heterocycles. The SMILES string of the molecule is CCC(C)(O)NCCO. The summed E-state index contributed by atoms with van der Waals surface area (Å²) in [6.45, 7) is 4.07. The molecular formula is C6H15NO2. The molecule has 3 heteroatoms. The van der Waals surface area contributed by atoms with Crippen molar-refractivity contribution in [3.8, 4) is 0 Å². The lowest BCUT2D eigenvalue weighted by molar-refractivity contribution is 0.0166. The molecule has 0 aliphatic heterocycles. The molecular weight excluding hydrogens is 118 g/mol. The highest BCUT2D eigenvalue weighted by Gasteiger charge is 2.14. The number of hydrogen-bond acceptors (Lipinski definition) is 3. The van der Waals surface area contributed by atoms with E-state index in [0.29, 0.717) is 13.0 Å². The Bertz CT molecular complexity index is 73.5. The molecule has 1 atom stereocenters. The van der Waals surface area contributed by atoms with Gasteiger partial charge in [-0.25, -0.2) is 0 Å². The van der Waals surface area contributed by atoms with Gasteiger partial charge in [-0.2, -0.15) is 0 Å². The highest BCUT2D eigenvalue weighted by molar-refractivity contribution is 4.65. The van der Waals surface area contributed by atoms with Crippen LogP contribution in [0.4, 0.5) is 0 Å². The van der Waals surface area contributed by atoms with Gasteiger partial charge in [0.05, 0.1) is 6.61 Å². The van der Waals surface area contributed by atoms with Crippen molar-refractivity contribution in [2.75, 3.05) is 13.2 Å². The van der Waals surface area contributed by atoms with Crippen molar-refractivity contribution in [1.29, 1.82) is 0 Å². The molecule has 0 spiro atoms. The predicted molar refractivity (Wildman–Crippen MR) is 36.0 cm³/mol. The second-order valence-corrected chi connectivity index (χ2v) is 2.28. The van der Waals surface area contributed by atoms with E-state index in [1.165, 1.54) is 0 Å². The fraction of sp³-hybridized carbons (Fsp3) is 1.00. The van der Waals surface area contributed by atoms with Crippen molar-refractivity contribution < 1.29 is 10.2 Å². The van der Waals surface area contributed by atoms with Crippen LogP contribution in [0.2, 0.25) is 0 Å². The predicted octanol–water partition coefficient (Wildman–Crippen LogP) is -0.313. The molecule has 0 bridgehead atoms. The largest absolute Gasteiger partial charge is 0.395 e. The molecule has 0 heterocycles. The minimum absolute atomic E-state index is 0.0656. The van der Waals surface area contributed by atoms with E-state index in [4.69, 9.17) is 5.11 Å². The molecule has 0 aliphatic rings. The second-order valence-electron chi connectivity index (χ2n) is 2.28. The van der Waals surface area contributed by atoms with E-state index in [9.17, 15) is 5.11 Å². The highest BCUT2D eigenvalue weighted by atomic mass is 16.3. The Morgan fingerprint density at radius 3 is 2.44 bits per heavy atom. The fourth-order valence-corrected chi connectivity index (χ4v) is 0.450. The molecule has 0 rings (SSSR count). The molecule has 0 radical (unpaired) electrons. The number of hydrogen-bond donors (Lipinski definition) is 3. The lowest BCUT2D eigenvalue weighted by Crippen LogP contribution is -2.42. The molecule has 56 valence electrons.